The molecule has 0 amide bonds. The van der Waals surface area contributed by atoms with Gasteiger partial charge in [0.15, 0.2) is 0 Å². The minimum atomic E-state index is -1.07. The summed E-state index contributed by atoms with van der Waals surface area (Å²) in [6.07, 6.45) is 0. The van der Waals surface area contributed by atoms with E-state index in [-0.39, 0.29) is 28.7 Å². The fraction of sp³-hybridized carbons (Fsp3) is 0.154. The number of hydrogen-bond donors (Lipinski definition) is 1. The van der Waals surface area contributed by atoms with Crippen LogP contribution in [0.1, 0.15) is 21.9 Å². The standard InChI is InChI=1S/C13H9BrClFO4/c1-6-8(13(17)18)2-7(20-6)5-19-12-4-11(16)10(15)3-9(12)14/h2-4H,5H2,1H3,(H,17,18). The number of hydrogen-bond acceptors (Lipinski definition) is 3. The molecule has 1 aromatic heterocycles. The molecule has 2 aromatic rings. The van der Waals surface area contributed by atoms with Crippen LogP contribution in [0.15, 0.2) is 27.1 Å². The van der Waals surface area contributed by atoms with Crippen LogP contribution in [-0.2, 0) is 6.61 Å². The Morgan fingerprint density at radius 2 is 2.20 bits per heavy atom. The molecule has 0 aliphatic carbocycles. The van der Waals surface area contributed by atoms with Crippen LogP contribution in [-0.4, -0.2) is 11.1 Å². The van der Waals surface area contributed by atoms with E-state index in [9.17, 15) is 9.18 Å². The van der Waals surface area contributed by atoms with Crippen LogP contribution in [0, 0.1) is 12.7 Å². The smallest absolute Gasteiger partial charge is 0.339 e. The monoisotopic (exact) mass is 362 g/mol. The van der Waals surface area contributed by atoms with Gasteiger partial charge >= 0.3 is 5.97 Å². The normalized spacial score (nSPS) is 10.6. The van der Waals surface area contributed by atoms with Gasteiger partial charge in [0.05, 0.1) is 9.50 Å². The van der Waals surface area contributed by atoms with Crippen molar-refractivity contribution >= 4 is 33.5 Å². The Balaban J connectivity index is 2.15. The first-order chi connectivity index (χ1) is 9.38. The lowest BCUT2D eigenvalue weighted by molar-refractivity contribution is 0.0695. The molecular formula is C13H9BrClFO4. The zero-order valence-electron chi connectivity index (χ0n) is 10.2. The molecule has 7 heteroatoms. The van der Waals surface area contributed by atoms with Crippen molar-refractivity contribution in [1.82, 2.24) is 0 Å². The number of furan rings is 1. The highest BCUT2D eigenvalue weighted by Crippen LogP contribution is 2.31. The number of carbonyl (C=O) groups is 1. The molecule has 0 atom stereocenters. The summed E-state index contributed by atoms with van der Waals surface area (Å²) in [5.74, 6) is -0.805. The number of carboxylic acids is 1. The van der Waals surface area contributed by atoms with E-state index in [1.807, 2.05) is 0 Å². The first-order valence-electron chi connectivity index (χ1n) is 5.48. The van der Waals surface area contributed by atoms with Crippen LogP contribution >= 0.6 is 27.5 Å². The van der Waals surface area contributed by atoms with E-state index < -0.39 is 11.8 Å². The number of aromatic carboxylic acids is 1. The molecular weight excluding hydrogens is 354 g/mol. The summed E-state index contributed by atoms with van der Waals surface area (Å²) in [6, 6.07) is 3.89. The molecule has 0 fully saturated rings. The first kappa shape index (κ1) is 14.9. The summed E-state index contributed by atoms with van der Waals surface area (Å²) in [6.45, 7) is 1.53. The van der Waals surface area contributed by atoms with Crippen molar-refractivity contribution in [3.05, 3.63) is 50.6 Å². The van der Waals surface area contributed by atoms with Crippen molar-refractivity contribution in [1.29, 1.82) is 0 Å². The second-order valence-electron chi connectivity index (χ2n) is 3.97. The Hall–Kier alpha value is -1.53. The van der Waals surface area contributed by atoms with Gasteiger partial charge in [-0.05, 0) is 35.0 Å². The lowest BCUT2D eigenvalue weighted by atomic mass is 10.2. The molecule has 2 rings (SSSR count). The third-order valence-corrected chi connectivity index (χ3v) is 3.45. The summed E-state index contributed by atoms with van der Waals surface area (Å²) in [4.78, 5) is 10.9. The summed E-state index contributed by atoms with van der Waals surface area (Å²) < 4.78 is 24.4. The second-order valence-corrected chi connectivity index (χ2v) is 5.23. The SMILES string of the molecule is Cc1oc(COc2cc(F)c(Cl)cc2Br)cc1C(=O)O. The van der Waals surface area contributed by atoms with Crippen molar-refractivity contribution in [2.24, 2.45) is 0 Å². The fourth-order valence-corrected chi connectivity index (χ4v) is 2.34. The van der Waals surface area contributed by atoms with Crippen LogP contribution in [0.5, 0.6) is 5.75 Å². The van der Waals surface area contributed by atoms with Gasteiger partial charge in [0, 0.05) is 6.07 Å². The Labute approximate surface area is 127 Å². The molecule has 1 aromatic carbocycles. The number of carboxylic acid groups (broad SMARTS) is 1. The zero-order valence-corrected chi connectivity index (χ0v) is 12.6. The van der Waals surface area contributed by atoms with Gasteiger partial charge in [0.2, 0.25) is 0 Å². The van der Waals surface area contributed by atoms with Crippen molar-refractivity contribution in [2.75, 3.05) is 0 Å². The number of aryl methyl sites for hydroxylation is 1. The average Bonchev–Trinajstić information content (AvgIpc) is 2.74. The average molecular weight is 364 g/mol. The molecule has 106 valence electrons. The third-order valence-electron chi connectivity index (χ3n) is 2.54. The lowest BCUT2D eigenvalue weighted by Crippen LogP contribution is -1.97. The van der Waals surface area contributed by atoms with Crippen LogP contribution in [0.2, 0.25) is 5.02 Å². The van der Waals surface area contributed by atoms with Crippen molar-refractivity contribution < 1.29 is 23.4 Å². The van der Waals surface area contributed by atoms with Gasteiger partial charge in [-0.15, -0.1) is 0 Å². The largest absolute Gasteiger partial charge is 0.484 e. The summed E-state index contributed by atoms with van der Waals surface area (Å²) in [7, 11) is 0. The Kier molecular flexibility index (Phi) is 4.35. The predicted octanol–water partition coefficient (Wildman–Crippen LogP) is 4.42. The maximum Gasteiger partial charge on any atom is 0.339 e. The molecule has 1 heterocycles. The lowest BCUT2D eigenvalue weighted by Gasteiger charge is -2.07. The van der Waals surface area contributed by atoms with E-state index in [0.717, 1.165) is 6.07 Å². The second kappa shape index (κ2) is 5.85. The highest BCUT2D eigenvalue weighted by molar-refractivity contribution is 9.10. The topological polar surface area (TPSA) is 59.7 Å². The summed E-state index contributed by atoms with van der Waals surface area (Å²) in [5.41, 5.74) is 0.0740. The highest BCUT2D eigenvalue weighted by atomic mass is 79.9. The maximum absolute atomic E-state index is 13.3. The van der Waals surface area contributed by atoms with E-state index >= 15 is 0 Å². The Morgan fingerprint density at radius 3 is 2.80 bits per heavy atom. The zero-order chi connectivity index (χ0) is 14.9. The highest BCUT2D eigenvalue weighted by Gasteiger charge is 2.15. The quantitative estimate of drug-likeness (QED) is 0.817. The van der Waals surface area contributed by atoms with Crippen LogP contribution in [0.4, 0.5) is 4.39 Å². The first-order valence-corrected chi connectivity index (χ1v) is 6.65. The third kappa shape index (κ3) is 3.13. The van der Waals surface area contributed by atoms with E-state index in [0.29, 0.717) is 10.2 Å². The number of rotatable bonds is 4. The Morgan fingerprint density at radius 1 is 1.50 bits per heavy atom. The summed E-state index contributed by atoms with van der Waals surface area (Å²) >= 11 is 8.81. The summed E-state index contributed by atoms with van der Waals surface area (Å²) in [5, 5.41) is 8.88. The predicted molar refractivity (Wildman–Crippen MR) is 73.8 cm³/mol. The van der Waals surface area contributed by atoms with Gasteiger partial charge < -0.3 is 14.3 Å². The van der Waals surface area contributed by atoms with Crippen LogP contribution in [0.3, 0.4) is 0 Å². The van der Waals surface area contributed by atoms with Gasteiger partial charge in [-0.25, -0.2) is 9.18 Å². The molecule has 0 unspecified atom stereocenters. The molecule has 0 saturated heterocycles. The molecule has 0 spiro atoms. The van der Waals surface area contributed by atoms with Gasteiger partial charge in [-0.2, -0.15) is 0 Å². The molecule has 4 nitrogen and oxygen atoms in total. The fourth-order valence-electron chi connectivity index (χ4n) is 1.59. The van der Waals surface area contributed by atoms with Crippen molar-refractivity contribution in [3.63, 3.8) is 0 Å². The maximum atomic E-state index is 13.3. The Bertz CT molecular complexity index is 669. The number of benzene rings is 1. The minimum Gasteiger partial charge on any atom is -0.484 e. The van der Waals surface area contributed by atoms with Crippen molar-refractivity contribution in [2.45, 2.75) is 13.5 Å². The molecule has 1 N–H and O–H groups in total. The van der Waals surface area contributed by atoms with Gasteiger partial charge in [-0.1, -0.05) is 11.6 Å². The molecule has 0 aliphatic rings. The van der Waals surface area contributed by atoms with Crippen LogP contribution in [0.25, 0.3) is 0 Å². The van der Waals surface area contributed by atoms with Gasteiger partial charge in [0.1, 0.15) is 35.3 Å². The van der Waals surface area contributed by atoms with E-state index in [1.165, 1.54) is 12.1 Å². The molecule has 20 heavy (non-hydrogen) atoms. The van der Waals surface area contributed by atoms with Gasteiger partial charge in [-0.3, -0.25) is 0 Å². The minimum absolute atomic E-state index is 0.0200. The van der Waals surface area contributed by atoms with Gasteiger partial charge in [0.25, 0.3) is 0 Å². The molecule has 0 aliphatic heterocycles. The number of halogens is 3. The van der Waals surface area contributed by atoms with Crippen LogP contribution < -0.4 is 4.74 Å². The molecule has 0 bridgehead atoms. The van der Waals surface area contributed by atoms with E-state index in [1.54, 1.807) is 6.92 Å². The van der Waals surface area contributed by atoms with Crippen molar-refractivity contribution in [3.8, 4) is 5.75 Å². The molecule has 0 radical (unpaired) electrons. The molecule has 0 saturated carbocycles. The van der Waals surface area contributed by atoms with E-state index in [4.69, 9.17) is 25.9 Å². The van der Waals surface area contributed by atoms with E-state index in [2.05, 4.69) is 15.9 Å². The number of ether oxygens (including phenoxy) is 1.